The van der Waals surface area contributed by atoms with Gasteiger partial charge in [-0.25, -0.2) is 9.59 Å². The fourth-order valence-corrected chi connectivity index (χ4v) is 3.61. The SMILES string of the molecule is O=C1C=C(N2CCCC2C(=O)O)C(=O)C=C1N1CCCC1C(=O)O. The summed E-state index contributed by atoms with van der Waals surface area (Å²) < 4.78 is 0. The van der Waals surface area contributed by atoms with Crippen LogP contribution in [-0.2, 0) is 19.2 Å². The van der Waals surface area contributed by atoms with Gasteiger partial charge >= 0.3 is 11.9 Å². The van der Waals surface area contributed by atoms with Crippen LogP contribution in [0.3, 0.4) is 0 Å². The van der Waals surface area contributed by atoms with Gasteiger partial charge in [0.05, 0.1) is 11.4 Å². The number of carboxylic acid groups (broad SMARTS) is 2. The molecule has 3 aliphatic rings. The lowest BCUT2D eigenvalue weighted by molar-refractivity contribution is -0.143. The Morgan fingerprint density at radius 1 is 0.833 bits per heavy atom. The summed E-state index contributed by atoms with van der Waals surface area (Å²) in [5, 5.41) is 18.5. The van der Waals surface area contributed by atoms with E-state index in [0.717, 1.165) is 12.2 Å². The van der Waals surface area contributed by atoms with Gasteiger partial charge in [0, 0.05) is 25.2 Å². The van der Waals surface area contributed by atoms with Crippen LogP contribution in [0.2, 0.25) is 0 Å². The van der Waals surface area contributed by atoms with Crippen LogP contribution in [0.1, 0.15) is 25.7 Å². The maximum atomic E-state index is 12.4. The maximum absolute atomic E-state index is 12.4. The second kappa shape index (κ2) is 6.10. The zero-order chi connectivity index (χ0) is 17.4. The molecule has 0 aromatic carbocycles. The second-order valence-electron chi connectivity index (χ2n) is 6.17. The molecule has 3 rings (SSSR count). The van der Waals surface area contributed by atoms with Crippen molar-refractivity contribution in [3.63, 3.8) is 0 Å². The number of rotatable bonds is 4. The number of nitrogens with zero attached hydrogens (tertiary/aromatic N) is 2. The van der Waals surface area contributed by atoms with Gasteiger partial charge in [0.25, 0.3) is 0 Å². The Bertz CT molecular complexity index is 622. The zero-order valence-corrected chi connectivity index (χ0v) is 13.0. The summed E-state index contributed by atoms with van der Waals surface area (Å²) in [4.78, 5) is 50.3. The molecule has 24 heavy (non-hydrogen) atoms. The van der Waals surface area contributed by atoms with Gasteiger partial charge in [0.1, 0.15) is 12.1 Å². The molecule has 0 bridgehead atoms. The lowest BCUT2D eigenvalue weighted by Crippen LogP contribution is -2.42. The van der Waals surface area contributed by atoms with Crippen molar-refractivity contribution in [1.82, 2.24) is 9.80 Å². The van der Waals surface area contributed by atoms with Crippen LogP contribution in [0, 0.1) is 0 Å². The minimum atomic E-state index is -1.02. The average molecular weight is 334 g/mol. The van der Waals surface area contributed by atoms with Crippen LogP contribution >= 0.6 is 0 Å². The fourth-order valence-electron chi connectivity index (χ4n) is 3.61. The van der Waals surface area contributed by atoms with E-state index in [2.05, 4.69) is 0 Å². The average Bonchev–Trinajstić information content (AvgIpc) is 3.17. The fraction of sp³-hybridized carbons (Fsp3) is 0.500. The van der Waals surface area contributed by atoms with E-state index < -0.39 is 35.6 Å². The Hall–Kier alpha value is -2.64. The number of likely N-dealkylation sites (tertiary alicyclic amines) is 2. The van der Waals surface area contributed by atoms with Crippen LogP contribution in [0.25, 0.3) is 0 Å². The van der Waals surface area contributed by atoms with Gasteiger partial charge in [0.2, 0.25) is 11.6 Å². The standard InChI is InChI=1S/C16H18N2O6/c19-13-8-12(18-6-2-4-10(18)16(23)24)14(20)7-11(13)17-5-1-3-9(17)15(21)22/h7-10H,1-6H2,(H,21,22)(H,23,24). The van der Waals surface area contributed by atoms with E-state index in [1.807, 2.05) is 0 Å². The number of allylic oxidation sites excluding steroid dienone is 2. The molecule has 2 atom stereocenters. The lowest BCUT2D eigenvalue weighted by Gasteiger charge is -2.30. The molecule has 0 aromatic rings. The molecular weight excluding hydrogens is 316 g/mol. The van der Waals surface area contributed by atoms with E-state index in [4.69, 9.17) is 0 Å². The van der Waals surface area contributed by atoms with Crippen LogP contribution in [0.15, 0.2) is 23.5 Å². The monoisotopic (exact) mass is 334 g/mol. The summed E-state index contributed by atoms with van der Waals surface area (Å²) in [6.45, 7) is 0.818. The van der Waals surface area contributed by atoms with Gasteiger partial charge in [-0.2, -0.15) is 0 Å². The van der Waals surface area contributed by atoms with Crippen molar-refractivity contribution in [2.24, 2.45) is 0 Å². The first-order valence-corrected chi connectivity index (χ1v) is 7.91. The third-order valence-corrected chi connectivity index (χ3v) is 4.74. The summed E-state index contributed by atoms with van der Waals surface area (Å²) in [6.07, 6.45) is 4.43. The van der Waals surface area contributed by atoms with Crippen LogP contribution in [-0.4, -0.2) is 68.7 Å². The van der Waals surface area contributed by atoms with Gasteiger partial charge in [0.15, 0.2) is 0 Å². The van der Waals surface area contributed by atoms with Crippen molar-refractivity contribution in [3.8, 4) is 0 Å². The molecule has 2 aliphatic heterocycles. The van der Waals surface area contributed by atoms with Gasteiger partial charge in [-0.05, 0) is 25.7 Å². The van der Waals surface area contributed by atoms with E-state index >= 15 is 0 Å². The molecule has 128 valence electrons. The summed E-state index contributed by atoms with van der Waals surface area (Å²) >= 11 is 0. The van der Waals surface area contributed by atoms with E-state index in [-0.39, 0.29) is 11.4 Å². The number of carbonyl (C=O) groups excluding carboxylic acids is 2. The Morgan fingerprint density at radius 2 is 1.21 bits per heavy atom. The lowest BCUT2D eigenvalue weighted by atomic mass is 10.0. The van der Waals surface area contributed by atoms with Gasteiger partial charge in [-0.1, -0.05) is 0 Å². The van der Waals surface area contributed by atoms with Crippen LogP contribution in [0.5, 0.6) is 0 Å². The predicted octanol–water partition coefficient (Wildman–Crippen LogP) is 0.00400. The van der Waals surface area contributed by atoms with Crippen molar-refractivity contribution in [2.75, 3.05) is 13.1 Å². The number of carbonyl (C=O) groups is 4. The molecule has 2 fully saturated rings. The molecule has 2 N–H and O–H groups in total. The first-order valence-electron chi connectivity index (χ1n) is 7.91. The third kappa shape index (κ3) is 2.68. The Kier molecular flexibility index (Phi) is 4.13. The minimum Gasteiger partial charge on any atom is -0.480 e. The number of carboxylic acids is 2. The van der Waals surface area contributed by atoms with Crippen molar-refractivity contribution in [2.45, 2.75) is 37.8 Å². The highest BCUT2D eigenvalue weighted by Crippen LogP contribution is 2.29. The molecular formula is C16H18N2O6. The van der Waals surface area contributed by atoms with Crippen molar-refractivity contribution in [3.05, 3.63) is 23.5 Å². The highest BCUT2D eigenvalue weighted by atomic mass is 16.4. The molecule has 2 unspecified atom stereocenters. The molecule has 2 heterocycles. The Balaban J connectivity index is 1.85. The topological polar surface area (TPSA) is 115 Å². The zero-order valence-electron chi connectivity index (χ0n) is 13.0. The molecule has 8 nitrogen and oxygen atoms in total. The number of hydrogen-bond acceptors (Lipinski definition) is 6. The van der Waals surface area contributed by atoms with Crippen LogP contribution < -0.4 is 0 Å². The normalized spacial score (nSPS) is 27.3. The smallest absolute Gasteiger partial charge is 0.326 e. The van der Waals surface area contributed by atoms with E-state index in [0.29, 0.717) is 38.8 Å². The Labute approximate surface area is 138 Å². The predicted molar refractivity (Wildman–Crippen MR) is 80.9 cm³/mol. The number of hydrogen-bond donors (Lipinski definition) is 2. The second-order valence-corrected chi connectivity index (χ2v) is 6.17. The molecule has 2 saturated heterocycles. The first-order chi connectivity index (χ1) is 11.4. The maximum Gasteiger partial charge on any atom is 0.326 e. The quantitative estimate of drug-likeness (QED) is 0.691. The first kappa shape index (κ1) is 16.2. The minimum absolute atomic E-state index is 0.0831. The Morgan fingerprint density at radius 3 is 1.54 bits per heavy atom. The summed E-state index contributed by atoms with van der Waals surface area (Å²) in [5.74, 6) is -2.94. The highest BCUT2D eigenvalue weighted by molar-refractivity contribution is 6.19. The summed E-state index contributed by atoms with van der Waals surface area (Å²) in [7, 11) is 0. The van der Waals surface area contributed by atoms with Crippen molar-refractivity contribution in [1.29, 1.82) is 0 Å². The van der Waals surface area contributed by atoms with E-state index in [9.17, 15) is 29.4 Å². The van der Waals surface area contributed by atoms with Crippen LogP contribution in [0.4, 0.5) is 0 Å². The number of aliphatic carboxylic acids is 2. The molecule has 8 heteroatoms. The largest absolute Gasteiger partial charge is 0.480 e. The third-order valence-electron chi connectivity index (χ3n) is 4.74. The highest BCUT2D eigenvalue weighted by Gasteiger charge is 2.39. The van der Waals surface area contributed by atoms with Crippen molar-refractivity contribution >= 4 is 23.5 Å². The molecule has 0 saturated carbocycles. The summed E-state index contributed by atoms with van der Waals surface area (Å²) in [5.41, 5.74) is 0.166. The van der Waals surface area contributed by atoms with Gasteiger partial charge < -0.3 is 20.0 Å². The van der Waals surface area contributed by atoms with Crippen molar-refractivity contribution < 1.29 is 29.4 Å². The number of ketones is 2. The van der Waals surface area contributed by atoms with Gasteiger partial charge in [-0.15, -0.1) is 0 Å². The molecule has 0 aromatic heterocycles. The summed E-state index contributed by atoms with van der Waals surface area (Å²) in [6, 6.07) is -1.61. The molecule has 0 radical (unpaired) electrons. The van der Waals surface area contributed by atoms with Gasteiger partial charge in [-0.3, -0.25) is 9.59 Å². The van der Waals surface area contributed by atoms with E-state index in [1.165, 1.54) is 9.80 Å². The molecule has 0 spiro atoms. The molecule has 1 aliphatic carbocycles. The van der Waals surface area contributed by atoms with E-state index in [1.54, 1.807) is 0 Å². The molecule has 0 amide bonds.